The van der Waals surface area contributed by atoms with Gasteiger partial charge >= 0.3 is 0 Å². The molecule has 1 N–H and O–H groups in total. The summed E-state index contributed by atoms with van der Waals surface area (Å²) in [5.74, 6) is -0.377. The van der Waals surface area contributed by atoms with Gasteiger partial charge in [-0.1, -0.05) is 35.3 Å². The quantitative estimate of drug-likeness (QED) is 0.718. The summed E-state index contributed by atoms with van der Waals surface area (Å²) in [5.41, 5.74) is 0.859. The normalized spacial score (nSPS) is 11.5. The summed E-state index contributed by atoms with van der Waals surface area (Å²) >= 11 is 11.8. The van der Waals surface area contributed by atoms with Crippen LogP contribution in [0.1, 0.15) is 5.56 Å². The fourth-order valence-electron chi connectivity index (χ4n) is 1.74. The lowest BCUT2D eigenvalue weighted by atomic mass is 10.1. The van der Waals surface area contributed by atoms with Gasteiger partial charge in [0.25, 0.3) is 0 Å². The van der Waals surface area contributed by atoms with Crippen molar-refractivity contribution >= 4 is 39.1 Å². The maximum atomic E-state index is 11.8. The minimum atomic E-state index is -3.45. The van der Waals surface area contributed by atoms with Crippen LogP contribution in [0.15, 0.2) is 30.9 Å². The van der Waals surface area contributed by atoms with Crippen molar-refractivity contribution in [1.82, 2.24) is 9.62 Å². The zero-order chi connectivity index (χ0) is 16.8. The molecule has 0 spiro atoms. The monoisotopic (exact) mass is 364 g/mol. The molecule has 0 fully saturated rings. The molecule has 0 atom stereocenters. The molecule has 0 bridgehead atoms. The van der Waals surface area contributed by atoms with Crippen molar-refractivity contribution in [3.63, 3.8) is 0 Å². The topological polar surface area (TPSA) is 66.5 Å². The first-order valence-corrected chi connectivity index (χ1v) is 9.11. The molecule has 122 valence electrons. The van der Waals surface area contributed by atoms with E-state index in [0.717, 1.165) is 16.1 Å². The summed E-state index contributed by atoms with van der Waals surface area (Å²) in [5, 5.41) is 3.74. The van der Waals surface area contributed by atoms with E-state index in [1.165, 1.54) is 6.08 Å². The standard InChI is InChI=1S/C14H18Cl2N2O3S/c1-3-8-18(22(2,20)21)10-14(19)17-7-6-11-4-5-12(15)9-13(11)16/h3-5,9H,1,6-8,10H2,2H3,(H,17,19). The van der Waals surface area contributed by atoms with Crippen molar-refractivity contribution in [2.24, 2.45) is 0 Å². The summed E-state index contributed by atoms with van der Waals surface area (Å²) in [6.07, 6.45) is 3.02. The van der Waals surface area contributed by atoms with Crippen LogP contribution in [0.3, 0.4) is 0 Å². The molecule has 0 unspecified atom stereocenters. The molecule has 0 aromatic heterocycles. The number of carbonyl (C=O) groups is 1. The minimum Gasteiger partial charge on any atom is -0.355 e. The highest BCUT2D eigenvalue weighted by Gasteiger charge is 2.18. The lowest BCUT2D eigenvalue weighted by Gasteiger charge is -2.17. The first kappa shape index (κ1) is 19.0. The van der Waals surface area contributed by atoms with Gasteiger partial charge in [-0.15, -0.1) is 6.58 Å². The summed E-state index contributed by atoms with van der Waals surface area (Å²) in [6, 6.07) is 5.15. The Balaban J connectivity index is 2.50. The van der Waals surface area contributed by atoms with E-state index in [1.807, 2.05) is 0 Å². The molecule has 1 aromatic carbocycles. The Bertz CT molecular complexity index is 647. The SMILES string of the molecule is C=CCN(CC(=O)NCCc1ccc(Cl)cc1Cl)S(C)(=O)=O. The van der Waals surface area contributed by atoms with Gasteiger partial charge in [-0.05, 0) is 24.1 Å². The van der Waals surface area contributed by atoms with Gasteiger partial charge in [0.05, 0.1) is 12.8 Å². The average Bonchev–Trinajstić information content (AvgIpc) is 2.40. The van der Waals surface area contributed by atoms with Gasteiger partial charge < -0.3 is 5.32 Å². The zero-order valence-electron chi connectivity index (χ0n) is 12.2. The van der Waals surface area contributed by atoms with Gasteiger partial charge in [-0.3, -0.25) is 4.79 Å². The number of hydrogen-bond acceptors (Lipinski definition) is 3. The molecule has 1 rings (SSSR count). The number of sulfonamides is 1. The van der Waals surface area contributed by atoms with Crippen molar-refractivity contribution in [3.8, 4) is 0 Å². The Morgan fingerprint density at radius 3 is 2.64 bits per heavy atom. The second-order valence-corrected chi connectivity index (χ2v) is 7.51. The van der Waals surface area contributed by atoms with E-state index in [2.05, 4.69) is 11.9 Å². The van der Waals surface area contributed by atoms with Gasteiger partial charge in [0.15, 0.2) is 0 Å². The second kappa shape index (κ2) is 8.53. The van der Waals surface area contributed by atoms with Crippen molar-refractivity contribution in [2.75, 3.05) is 25.9 Å². The summed E-state index contributed by atoms with van der Waals surface area (Å²) in [6.45, 7) is 3.69. The zero-order valence-corrected chi connectivity index (χ0v) is 14.5. The first-order valence-electron chi connectivity index (χ1n) is 6.50. The van der Waals surface area contributed by atoms with Crippen LogP contribution < -0.4 is 5.32 Å². The van der Waals surface area contributed by atoms with E-state index < -0.39 is 10.0 Å². The molecular weight excluding hydrogens is 347 g/mol. The van der Waals surface area contributed by atoms with E-state index in [9.17, 15) is 13.2 Å². The number of hydrogen-bond donors (Lipinski definition) is 1. The molecule has 22 heavy (non-hydrogen) atoms. The summed E-state index contributed by atoms with van der Waals surface area (Å²) < 4.78 is 24.0. The lowest BCUT2D eigenvalue weighted by Crippen LogP contribution is -2.40. The van der Waals surface area contributed by atoms with Crippen LogP contribution in [0.4, 0.5) is 0 Å². The average molecular weight is 365 g/mol. The Morgan fingerprint density at radius 2 is 2.09 bits per heavy atom. The van der Waals surface area contributed by atoms with E-state index in [0.29, 0.717) is 23.0 Å². The van der Waals surface area contributed by atoms with Gasteiger partial charge in [-0.2, -0.15) is 4.31 Å². The summed E-state index contributed by atoms with van der Waals surface area (Å²) in [7, 11) is -3.45. The molecule has 0 saturated carbocycles. The van der Waals surface area contributed by atoms with Crippen LogP contribution in [-0.4, -0.2) is 44.5 Å². The molecule has 0 heterocycles. The van der Waals surface area contributed by atoms with E-state index in [1.54, 1.807) is 18.2 Å². The third-order valence-corrected chi connectivity index (χ3v) is 4.66. The minimum absolute atomic E-state index is 0.0925. The number of amides is 1. The van der Waals surface area contributed by atoms with Crippen LogP contribution in [0.25, 0.3) is 0 Å². The van der Waals surface area contributed by atoms with Crippen LogP contribution >= 0.6 is 23.2 Å². The molecular formula is C14H18Cl2N2O3S. The number of carbonyl (C=O) groups excluding carboxylic acids is 1. The lowest BCUT2D eigenvalue weighted by molar-refractivity contribution is -0.121. The molecule has 0 aliphatic heterocycles. The second-order valence-electron chi connectivity index (χ2n) is 4.68. The van der Waals surface area contributed by atoms with E-state index in [4.69, 9.17) is 23.2 Å². The van der Waals surface area contributed by atoms with Gasteiger partial charge in [0.2, 0.25) is 15.9 Å². The Labute approximate surface area is 140 Å². The van der Waals surface area contributed by atoms with E-state index in [-0.39, 0.29) is 19.0 Å². The molecule has 0 saturated heterocycles. The molecule has 0 aliphatic rings. The van der Waals surface area contributed by atoms with Crippen molar-refractivity contribution in [1.29, 1.82) is 0 Å². The van der Waals surface area contributed by atoms with Crippen LogP contribution in [0.2, 0.25) is 10.0 Å². The first-order chi connectivity index (χ1) is 10.2. The third kappa shape index (κ3) is 6.36. The predicted molar refractivity (Wildman–Crippen MR) is 89.8 cm³/mol. The molecule has 5 nitrogen and oxygen atoms in total. The highest BCUT2D eigenvalue weighted by molar-refractivity contribution is 7.88. The maximum Gasteiger partial charge on any atom is 0.235 e. The fraction of sp³-hybridized carbons (Fsp3) is 0.357. The molecule has 8 heteroatoms. The van der Waals surface area contributed by atoms with Gasteiger partial charge in [0.1, 0.15) is 0 Å². The number of nitrogens with one attached hydrogen (secondary N) is 1. The largest absolute Gasteiger partial charge is 0.355 e. The highest BCUT2D eigenvalue weighted by Crippen LogP contribution is 2.20. The van der Waals surface area contributed by atoms with Crippen molar-refractivity contribution in [3.05, 3.63) is 46.5 Å². The smallest absolute Gasteiger partial charge is 0.235 e. The Kier molecular flexibility index (Phi) is 7.35. The molecule has 1 amide bonds. The Morgan fingerprint density at radius 1 is 1.41 bits per heavy atom. The van der Waals surface area contributed by atoms with Gasteiger partial charge in [-0.25, -0.2) is 8.42 Å². The van der Waals surface area contributed by atoms with Crippen LogP contribution in [0, 0.1) is 0 Å². The maximum absolute atomic E-state index is 11.8. The number of halogens is 2. The van der Waals surface area contributed by atoms with Gasteiger partial charge in [0, 0.05) is 23.1 Å². The Hall–Kier alpha value is -1.08. The number of nitrogens with zero attached hydrogens (tertiary/aromatic N) is 1. The molecule has 0 aliphatic carbocycles. The predicted octanol–water partition coefficient (Wildman–Crippen LogP) is 2.10. The number of rotatable bonds is 8. The summed E-state index contributed by atoms with van der Waals surface area (Å²) in [4.78, 5) is 11.8. The molecule has 0 radical (unpaired) electrons. The molecule has 1 aromatic rings. The van der Waals surface area contributed by atoms with E-state index >= 15 is 0 Å². The van der Waals surface area contributed by atoms with Crippen LogP contribution in [0.5, 0.6) is 0 Å². The highest BCUT2D eigenvalue weighted by atomic mass is 35.5. The number of benzene rings is 1. The van der Waals surface area contributed by atoms with Crippen molar-refractivity contribution < 1.29 is 13.2 Å². The fourth-order valence-corrected chi connectivity index (χ4v) is 2.97. The third-order valence-electron chi connectivity index (χ3n) is 2.85. The van der Waals surface area contributed by atoms with Crippen molar-refractivity contribution in [2.45, 2.75) is 6.42 Å². The van der Waals surface area contributed by atoms with Crippen LogP contribution in [-0.2, 0) is 21.2 Å².